The largest absolute Gasteiger partial charge is 0.241 e. The molecule has 0 aliphatic carbocycles. The van der Waals surface area contributed by atoms with Gasteiger partial charge in [-0.15, -0.1) is 0 Å². The van der Waals surface area contributed by atoms with Crippen molar-refractivity contribution in [3.8, 4) is 0 Å². The molecule has 0 saturated carbocycles. The van der Waals surface area contributed by atoms with Gasteiger partial charge in [0.25, 0.3) is 0 Å². The molecular formula is C21H30N2O4S2. The molecular weight excluding hydrogens is 408 g/mol. The molecule has 0 amide bonds. The van der Waals surface area contributed by atoms with Crippen LogP contribution < -0.4 is 9.44 Å². The summed E-state index contributed by atoms with van der Waals surface area (Å²) in [5.41, 5.74) is 4.47. The van der Waals surface area contributed by atoms with Crippen LogP contribution >= 0.6 is 0 Å². The van der Waals surface area contributed by atoms with Crippen molar-refractivity contribution in [3.63, 3.8) is 0 Å². The normalized spacial score (nSPS) is 12.5. The van der Waals surface area contributed by atoms with Crippen LogP contribution in [0.4, 0.5) is 0 Å². The van der Waals surface area contributed by atoms with E-state index in [1.807, 2.05) is 19.9 Å². The highest BCUT2D eigenvalue weighted by Gasteiger charge is 2.23. The maximum absolute atomic E-state index is 13.1. The fraction of sp³-hybridized carbons (Fsp3) is 0.429. The second-order valence-electron chi connectivity index (χ2n) is 7.71. The summed E-state index contributed by atoms with van der Waals surface area (Å²) in [7, 11) is -7.27. The van der Waals surface area contributed by atoms with Gasteiger partial charge in [-0.05, 0) is 74.9 Å². The highest BCUT2D eigenvalue weighted by molar-refractivity contribution is 7.89. The van der Waals surface area contributed by atoms with Gasteiger partial charge in [0.2, 0.25) is 20.0 Å². The highest BCUT2D eigenvalue weighted by atomic mass is 32.2. The Labute approximate surface area is 174 Å². The van der Waals surface area contributed by atoms with Gasteiger partial charge < -0.3 is 0 Å². The summed E-state index contributed by atoms with van der Waals surface area (Å²) in [6.07, 6.45) is 0. The molecule has 0 radical (unpaired) electrons. The highest BCUT2D eigenvalue weighted by Crippen LogP contribution is 2.26. The van der Waals surface area contributed by atoms with Gasteiger partial charge >= 0.3 is 0 Å². The zero-order chi connectivity index (χ0) is 22.0. The lowest BCUT2D eigenvalue weighted by Crippen LogP contribution is -2.32. The molecule has 0 aromatic heterocycles. The van der Waals surface area contributed by atoms with Crippen LogP contribution in [0.3, 0.4) is 0 Å². The molecule has 8 heteroatoms. The molecule has 0 unspecified atom stereocenters. The predicted molar refractivity (Wildman–Crippen MR) is 117 cm³/mol. The average Bonchev–Trinajstić information content (AvgIpc) is 2.58. The van der Waals surface area contributed by atoms with Crippen LogP contribution in [-0.4, -0.2) is 22.9 Å². The summed E-state index contributed by atoms with van der Waals surface area (Å²) in [6, 6.07) is 8.73. The summed E-state index contributed by atoms with van der Waals surface area (Å²) in [5.74, 6) is -0.204. The quantitative estimate of drug-likeness (QED) is 0.662. The van der Waals surface area contributed by atoms with Crippen molar-refractivity contribution in [1.82, 2.24) is 9.44 Å². The molecule has 2 N–H and O–H groups in total. The second kappa shape index (κ2) is 8.95. The Balaban J connectivity index is 2.32. The van der Waals surface area contributed by atoms with Gasteiger partial charge in [-0.25, -0.2) is 26.3 Å². The lowest BCUT2D eigenvalue weighted by atomic mass is 10.0. The van der Waals surface area contributed by atoms with Gasteiger partial charge in [-0.3, -0.25) is 0 Å². The van der Waals surface area contributed by atoms with Crippen molar-refractivity contribution < 1.29 is 16.8 Å². The van der Waals surface area contributed by atoms with Gasteiger partial charge in [0.1, 0.15) is 0 Å². The molecule has 6 nitrogen and oxygen atoms in total. The van der Waals surface area contributed by atoms with E-state index in [1.165, 1.54) is 0 Å². The summed E-state index contributed by atoms with van der Waals surface area (Å²) < 4.78 is 55.9. The minimum Gasteiger partial charge on any atom is -0.212 e. The topological polar surface area (TPSA) is 92.3 Å². The molecule has 2 rings (SSSR count). The lowest BCUT2D eigenvalue weighted by Gasteiger charge is -2.17. The monoisotopic (exact) mass is 438 g/mol. The van der Waals surface area contributed by atoms with Crippen molar-refractivity contribution in [1.29, 1.82) is 0 Å². The third-order valence-electron chi connectivity index (χ3n) is 4.90. The molecule has 0 heterocycles. The van der Waals surface area contributed by atoms with Crippen molar-refractivity contribution >= 4 is 20.0 Å². The Morgan fingerprint density at radius 1 is 0.862 bits per heavy atom. The fourth-order valence-corrected chi connectivity index (χ4v) is 6.42. The van der Waals surface area contributed by atoms with Gasteiger partial charge in [0, 0.05) is 12.6 Å². The van der Waals surface area contributed by atoms with Crippen LogP contribution in [0, 0.1) is 27.7 Å². The average molecular weight is 439 g/mol. The first-order chi connectivity index (χ1) is 13.3. The van der Waals surface area contributed by atoms with E-state index < -0.39 is 20.0 Å². The first-order valence-electron chi connectivity index (χ1n) is 9.48. The van der Waals surface area contributed by atoms with Gasteiger partial charge in [-0.2, -0.15) is 0 Å². The minimum atomic E-state index is -3.76. The number of hydrogen-bond donors (Lipinski definition) is 2. The van der Waals surface area contributed by atoms with E-state index in [0.29, 0.717) is 16.0 Å². The first-order valence-corrected chi connectivity index (χ1v) is 12.6. The van der Waals surface area contributed by atoms with Crippen LogP contribution in [0.5, 0.6) is 0 Å². The zero-order valence-electron chi connectivity index (χ0n) is 17.8. The van der Waals surface area contributed by atoms with Crippen molar-refractivity contribution in [2.24, 2.45) is 0 Å². The van der Waals surface area contributed by atoms with Crippen LogP contribution in [-0.2, 0) is 32.3 Å². The van der Waals surface area contributed by atoms with Crippen molar-refractivity contribution in [2.45, 2.75) is 64.8 Å². The molecule has 2 aromatic carbocycles. The third-order valence-corrected chi connectivity index (χ3v) is 8.09. The van der Waals surface area contributed by atoms with Crippen LogP contribution in [0.2, 0.25) is 0 Å². The van der Waals surface area contributed by atoms with E-state index in [2.05, 4.69) is 9.44 Å². The summed E-state index contributed by atoms with van der Waals surface area (Å²) in [4.78, 5) is 0.293. The Morgan fingerprint density at radius 3 is 1.90 bits per heavy atom. The van der Waals surface area contributed by atoms with Crippen molar-refractivity contribution in [2.75, 3.05) is 0 Å². The van der Waals surface area contributed by atoms with E-state index in [-0.39, 0.29) is 18.3 Å². The zero-order valence-corrected chi connectivity index (χ0v) is 19.5. The lowest BCUT2D eigenvalue weighted by molar-refractivity contribution is 0.568. The molecule has 160 valence electrons. The number of rotatable bonds is 8. The summed E-state index contributed by atoms with van der Waals surface area (Å²) in [5, 5.41) is 0. The third kappa shape index (κ3) is 5.88. The molecule has 0 aliphatic rings. The van der Waals surface area contributed by atoms with Crippen molar-refractivity contribution in [3.05, 3.63) is 63.7 Å². The number of hydrogen-bond acceptors (Lipinski definition) is 4. The standard InChI is InChI=1S/C21H30N2O4S2/c1-14(2)23-28(24,25)13-20-10-8-7-9-19(20)12-22-29(26,27)21-17(5)15(3)11-16(4)18(21)6/h7-11,14,22-23H,12-13H2,1-6H3. The molecule has 0 aliphatic heterocycles. The maximum atomic E-state index is 13.1. The molecule has 0 saturated heterocycles. The fourth-order valence-electron chi connectivity index (χ4n) is 3.30. The van der Waals surface area contributed by atoms with Crippen LogP contribution in [0.25, 0.3) is 0 Å². The van der Waals surface area contributed by atoms with Gasteiger partial charge in [0.15, 0.2) is 0 Å². The molecule has 0 spiro atoms. The Kier molecular flexibility index (Phi) is 7.27. The van der Waals surface area contributed by atoms with Crippen LogP contribution in [0.1, 0.15) is 47.2 Å². The van der Waals surface area contributed by atoms with Crippen LogP contribution in [0.15, 0.2) is 35.2 Å². The number of sulfonamides is 2. The number of aryl methyl sites for hydroxylation is 2. The van der Waals surface area contributed by atoms with E-state index in [1.54, 1.807) is 52.0 Å². The molecule has 29 heavy (non-hydrogen) atoms. The summed E-state index contributed by atoms with van der Waals surface area (Å²) >= 11 is 0. The first kappa shape index (κ1) is 23.5. The predicted octanol–water partition coefficient (Wildman–Crippen LogP) is 3.23. The Bertz CT molecular complexity index is 1080. The van der Waals surface area contributed by atoms with E-state index in [0.717, 1.165) is 22.3 Å². The smallest absolute Gasteiger partial charge is 0.212 e. The number of benzene rings is 2. The second-order valence-corrected chi connectivity index (χ2v) is 11.2. The molecule has 2 aromatic rings. The molecule has 0 atom stereocenters. The molecule has 0 bridgehead atoms. The van der Waals surface area contributed by atoms with Gasteiger partial charge in [0.05, 0.1) is 10.6 Å². The SMILES string of the molecule is Cc1cc(C)c(C)c(S(=O)(=O)NCc2ccccc2CS(=O)(=O)NC(C)C)c1C. The van der Waals surface area contributed by atoms with Gasteiger partial charge in [-0.1, -0.05) is 30.3 Å². The van der Waals surface area contributed by atoms with E-state index in [9.17, 15) is 16.8 Å². The number of nitrogens with one attached hydrogen (secondary N) is 2. The Morgan fingerprint density at radius 2 is 1.38 bits per heavy atom. The van der Waals surface area contributed by atoms with E-state index >= 15 is 0 Å². The summed E-state index contributed by atoms with van der Waals surface area (Å²) in [6.45, 7) is 10.9. The molecule has 0 fully saturated rings. The minimum absolute atomic E-state index is 0.0155. The maximum Gasteiger partial charge on any atom is 0.241 e. The Hall–Kier alpha value is -1.74. The van der Waals surface area contributed by atoms with E-state index in [4.69, 9.17) is 0 Å².